The average molecular weight is 345 g/mol. The Morgan fingerprint density at radius 1 is 1.23 bits per heavy atom. The summed E-state index contributed by atoms with van der Waals surface area (Å²) in [5, 5.41) is 9.38. The van der Waals surface area contributed by atoms with Crippen LogP contribution in [-0.2, 0) is 6.54 Å². The van der Waals surface area contributed by atoms with Gasteiger partial charge in [0.05, 0.1) is 16.5 Å². The Kier molecular flexibility index (Phi) is 4.08. The van der Waals surface area contributed by atoms with Crippen molar-refractivity contribution in [2.75, 3.05) is 5.32 Å². The lowest BCUT2D eigenvalue weighted by atomic mass is 10.1. The van der Waals surface area contributed by atoms with Crippen LogP contribution in [0.4, 0.5) is 5.82 Å². The molecule has 6 nitrogen and oxygen atoms in total. The molecule has 0 spiro atoms. The summed E-state index contributed by atoms with van der Waals surface area (Å²) < 4.78 is 1.86. The Balaban J connectivity index is 1.85. The van der Waals surface area contributed by atoms with E-state index in [-0.39, 0.29) is 5.91 Å². The van der Waals surface area contributed by atoms with Crippen LogP contribution in [0.1, 0.15) is 29.3 Å². The first-order valence-corrected chi connectivity index (χ1v) is 8.65. The second-order valence-corrected chi connectivity index (χ2v) is 6.27. The molecule has 3 heterocycles. The molecule has 0 aliphatic carbocycles. The largest absolute Gasteiger partial charge is 0.304 e. The SMILES string of the molecule is CCCn1nc(NC(=O)c2cccnc2)c2cc3cccc(C)c3nc21. The third-order valence-corrected chi connectivity index (χ3v) is 4.34. The molecule has 130 valence electrons. The molecule has 1 aromatic carbocycles. The molecule has 3 aromatic heterocycles. The molecule has 0 unspecified atom stereocenters. The van der Waals surface area contributed by atoms with E-state index >= 15 is 0 Å². The van der Waals surface area contributed by atoms with Crippen molar-refractivity contribution in [3.05, 3.63) is 59.9 Å². The van der Waals surface area contributed by atoms with Gasteiger partial charge in [-0.2, -0.15) is 5.10 Å². The molecule has 0 saturated carbocycles. The van der Waals surface area contributed by atoms with Crippen molar-refractivity contribution in [2.24, 2.45) is 0 Å². The smallest absolute Gasteiger partial charge is 0.258 e. The molecular formula is C20H19N5O. The highest BCUT2D eigenvalue weighted by molar-refractivity contribution is 6.08. The third kappa shape index (κ3) is 2.79. The number of nitrogens with one attached hydrogen (secondary N) is 1. The quantitative estimate of drug-likeness (QED) is 0.608. The highest BCUT2D eigenvalue weighted by atomic mass is 16.1. The minimum absolute atomic E-state index is 0.231. The highest BCUT2D eigenvalue weighted by Gasteiger charge is 2.16. The number of aryl methyl sites for hydroxylation is 2. The molecular weight excluding hydrogens is 326 g/mol. The van der Waals surface area contributed by atoms with Crippen molar-refractivity contribution in [3.8, 4) is 0 Å². The van der Waals surface area contributed by atoms with E-state index in [0.29, 0.717) is 11.4 Å². The average Bonchev–Trinajstić information content (AvgIpc) is 2.98. The van der Waals surface area contributed by atoms with Gasteiger partial charge in [-0.25, -0.2) is 9.67 Å². The predicted molar refractivity (Wildman–Crippen MR) is 102 cm³/mol. The highest BCUT2D eigenvalue weighted by Crippen LogP contribution is 2.27. The van der Waals surface area contributed by atoms with Crippen LogP contribution < -0.4 is 5.32 Å². The topological polar surface area (TPSA) is 72.7 Å². The van der Waals surface area contributed by atoms with Gasteiger partial charge in [0.25, 0.3) is 5.91 Å². The first-order chi connectivity index (χ1) is 12.7. The molecule has 26 heavy (non-hydrogen) atoms. The van der Waals surface area contributed by atoms with Gasteiger partial charge < -0.3 is 5.32 Å². The van der Waals surface area contributed by atoms with Gasteiger partial charge in [0, 0.05) is 24.3 Å². The summed E-state index contributed by atoms with van der Waals surface area (Å²) in [5.74, 6) is 0.295. The summed E-state index contributed by atoms with van der Waals surface area (Å²) in [5.41, 5.74) is 3.36. The first-order valence-electron chi connectivity index (χ1n) is 8.65. The number of fused-ring (bicyclic) bond motifs is 2. The van der Waals surface area contributed by atoms with Crippen LogP contribution in [0, 0.1) is 6.92 Å². The molecule has 0 aliphatic heterocycles. The summed E-state index contributed by atoms with van der Waals surface area (Å²) >= 11 is 0. The second kappa shape index (κ2) is 6.55. The van der Waals surface area contributed by atoms with Gasteiger partial charge in [0.2, 0.25) is 0 Å². The van der Waals surface area contributed by atoms with Crippen molar-refractivity contribution in [1.29, 1.82) is 0 Å². The zero-order valence-electron chi connectivity index (χ0n) is 14.7. The summed E-state index contributed by atoms with van der Waals surface area (Å²) in [6, 6.07) is 11.6. The molecule has 0 radical (unpaired) electrons. The number of para-hydroxylation sites is 1. The van der Waals surface area contributed by atoms with Crippen LogP contribution in [0.2, 0.25) is 0 Å². The molecule has 0 atom stereocenters. The van der Waals surface area contributed by atoms with Gasteiger partial charge in [-0.1, -0.05) is 25.1 Å². The maximum atomic E-state index is 12.5. The van der Waals surface area contributed by atoms with Crippen LogP contribution in [-0.4, -0.2) is 25.7 Å². The molecule has 0 fully saturated rings. The van der Waals surface area contributed by atoms with E-state index in [1.807, 2.05) is 35.9 Å². The standard InChI is InChI=1S/C20H19N5O/c1-3-10-25-19-16(11-14-7-4-6-13(2)17(14)22-19)18(24-25)23-20(26)15-8-5-9-21-12-15/h4-9,11-12H,3,10H2,1-2H3,(H,23,24,26). The zero-order chi connectivity index (χ0) is 18.1. The van der Waals surface area contributed by atoms with Crippen LogP contribution >= 0.6 is 0 Å². The minimum Gasteiger partial charge on any atom is -0.304 e. The van der Waals surface area contributed by atoms with Crippen LogP contribution in [0.25, 0.3) is 21.9 Å². The molecule has 0 saturated heterocycles. The maximum Gasteiger partial charge on any atom is 0.258 e. The Labute approximate surface area is 150 Å². The van der Waals surface area contributed by atoms with E-state index < -0.39 is 0 Å². The number of carbonyl (C=O) groups is 1. The summed E-state index contributed by atoms with van der Waals surface area (Å²) in [6.45, 7) is 4.88. The number of rotatable bonds is 4. The lowest BCUT2D eigenvalue weighted by Crippen LogP contribution is -2.13. The van der Waals surface area contributed by atoms with E-state index in [9.17, 15) is 4.79 Å². The van der Waals surface area contributed by atoms with Crippen LogP contribution in [0.15, 0.2) is 48.8 Å². The molecule has 1 amide bonds. The van der Waals surface area contributed by atoms with Crippen molar-refractivity contribution in [3.63, 3.8) is 0 Å². The first kappa shape index (κ1) is 16.2. The number of carbonyl (C=O) groups excluding carboxylic acids is 1. The van der Waals surface area contributed by atoms with Crippen molar-refractivity contribution < 1.29 is 4.79 Å². The third-order valence-electron chi connectivity index (χ3n) is 4.34. The van der Waals surface area contributed by atoms with Gasteiger partial charge in [0.15, 0.2) is 11.5 Å². The number of anilines is 1. The van der Waals surface area contributed by atoms with Crippen molar-refractivity contribution in [1.82, 2.24) is 19.7 Å². The molecule has 0 aliphatic rings. The number of pyridine rings is 2. The number of benzene rings is 1. The van der Waals surface area contributed by atoms with Gasteiger partial charge in [-0.3, -0.25) is 9.78 Å². The fourth-order valence-electron chi connectivity index (χ4n) is 3.07. The zero-order valence-corrected chi connectivity index (χ0v) is 14.7. The van der Waals surface area contributed by atoms with Gasteiger partial charge in [-0.15, -0.1) is 0 Å². The van der Waals surface area contributed by atoms with Crippen LogP contribution in [0.5, 0.6) is 0 Å². The summed E-state index contributed by atoms with van der Waals surface area (Å²) in [6.07, 6.45) is 4.11. The van der Waals surface area contributed by atoms with E-state index in [0.717, 1.165) is 40.5 Å². The Morgan fingerprint density at radius 3 is 2.88 bits per heavy atom. The molecule has 4 rings (SSSR count). The van der Waals surface area contributed by atoms with E-state index in [1.54, 1.807) is 18.3 Å². The maximum absolute atomic E-state index is 12.5. The number of amides is 1. The Hall–Kier alpha value is -3.28. The van der Waals surface area contributed by atoms with Crippen molar-refractivity contribution in [2.45, 2.75) is 26.8 Å². The number of nitrogens with zero attached hydrogens (tertiary/aromatic N) is 4. The number of hydrogen-bond acceptors (Lipinski definition) is 4. The van der Waals surface area contributed by atoms with Gasteiger partial charge in [-0.05, 0) is 37.1 Å². The minimum atomic E-state index is -0.231. The summed E-state index contributed by atoms with van der Waals surface area (Å²) in [7, 11) is 0. The fourth-order valence-corrected chi connectivity index (χ4v) is 3.07. The van der Waals surface area contributed by atoms with E-state index in [4.69, 9.17) is 4.98 Å². The molecule has 0 bridgehead atoms. The molecule has 1 N–H and O–H groups in total. The predicted octanol–water partition coefficient (Wildman–Crippen LogP) is 3.95. The van der Waals surface area contributed by atoms with Crippen LogP contribution in [0.3, 0.4) is 0 Å². The number of aromatic nitrogens is 4. The van der Waals surface area contributed by atoms with Gasteiger partial charge >= 0.3 is 0 Å². The lowest BCUT2D eigenvalue weighted by Gasteiger charge is -2.04. The molecule has 4 aromatic rings. The fraction of sp³-hybridized carbons (Fsp3) is 0.200. The molecule has 6 heteroatoms. The monoisotopic (exact) mass is 345 g/mol. The van der Waals surface area contributed by atoms with Crippen molar-refractivity contribution >= 4 is 33.7 Å². The number of hydrogen-bond donors (Lipinski definition) is 1. The van der Waals surface area contributed by atoms with E-state index in [1.165, 1.54) is 6.20 Å². The Bertz CT molecular complexity index is 1100. The summed E-state index contributed by atoms with van der Waals surface area (Å²) in [4.78, 5) is 21.4. The second-order valence-electron chi connectivity index (χ2n) is 6.27. The van der Waals surface area contributed by atoms with E-state index in [2.05, 4.69) is 22.3 Å². The normalized spacial score (nSPS) is 11.2. The Morgan fingerprint density at radius 2 is 2.12 bits per heavy atom. The lowest BCUT2D eigenvalue weighted by molar-refractivity contribution is 0.102. The van der Waals surface area contributed by atoms with Gasteiger partial charge in [0.1, 0.15) is 0 Å².